The summed E-state index contributed by atoms with van der Waals surface area (Å²) in [5, 5.41) is 0. The largest absolute Gasteiger partial charge is 0.305 e. The number of hydrogen-bond donors (Lipinski definition) is 0. The molecule has 0 aliphatic heterocycles. The van der Waals surface area contributed by atoms with Gasteiger partial charge in [-0.05, 0) is 49.0 Å². The van der Waals surface area contributed by atoms with Crippen LogP contribution in [-0.2, 0) is 0 Å². The maximum Gasteiger partial charge on any atom is 0.0299 e. The fourth-order valence-electron chi connectivity index (χ4n) is 1.01. The molecule has 0 spiro atoms. The average molecular weight is 158 g/mol. The van der Waals surface area contributed by atoms with E-state index in [9.17, 15) is 0 Å². The molecule has 0 rings (SSSR count). The van der Waals surface area contributed by atoms with Gasteiger partial charge in [0.2, 0.25) is 0 Å². The third-order valence-corrected chi connectivity index (χ3v) is 2.95. The minimum atomic E-state index is 0.240. The van der Waals surface area contributed by atoms with Crippen molar-refractivity contribution in [3.8, 4) is 0 Å². The molecule has 0 aliphatic carbocycles. The fraction of sp³-hybridized carbons (Fsp3) is 1.00. The highest BCUT2D eigenvalue weighted by molar-refractivity contribution is 4.87. The van der Waals surface area contributed by atoms with E-state index in [0.717, 1.165) is 0 Å². The average Bonchev–Trinajstić information content (AvgIpc) is 1.85. The first-order chi connectivity index (χ1) is 4.80. The molecule has 0 heterocycles. The zero-order chi connectivity index (χ0) is 9.23. The predicted molar refractivity (Wildman–Crippen MR) is 50.9 cm³/mol. The van der Waals surface area contributed by atoms with Gasteiger partial charge in [0.15, 0.2) is 0 Å². The van der Waals surface area contributed by atoms with Crippen molar-refractivity contribution < 1.29 is 0 Å². The molecule has 0 aromatic carbocycles. The Morgan fingerprint density at radius 2 is 1.36 bits per heavy atom. The zero-order valence-corrected chi connectivity index (χ0v) is 8.97. The van der Waals surface area contributed by atoms with Crippen molar-refractivity contribution in [2.75, 3.05) is 28.2 Å². The molecule has 0 aliphatic rings. The first kappa shape index (κ1) is 10.9. The van der Waals surface area contributed by atoms with Crippen LogP contribution in [0, 0.1) is 0 Å². The molecule has 0 saturated carbocycles. The van der Waals surface area contributed by atoms with E-state index in [4.69, 9.17) is 0 Å². The van der Waals surface area contributed by atoms with Crippen LogP contribution in [0.1, 0.15) is 20.8 Å². The molecule has 0 amide bonds. The number of rotatable bonds is 3. The van der Waals surface area contributed by atoms with Gasteiger partial charge in [0, 0.05) is 11.6 Å². The van der Waals surface area contributed by atoms with Crippen molar-refractivity contribution >= 4 is 0 Å². The summed E-state index contributed by atoms with van der Waals surface area (Å²) in [6.07, 6.45) is 0. The van der Waals surface area contributed by atoms with Gasteiger partial charge in [-0.3, -0.25) is 0 Å². The van der Waals surface area contributed by atoms with Crippen LogP contribution in [0.15, 0.2) is 0 Å². The number of nitrogens with zero attached hydrogens (tertiary/aromatic N) is 2. The lowest BCUT2D eigenvalue weighted by molar-refractivity contribution is 0.0898. The lowest BCUT2D eigenvalue weighted by Crippen LogP contribution is -2.53. The summed E-state index contributed by atoms with van der Waals surface area (Å²) in [5.41, 5.74) is 0.240. The molecule has 2 heteroatoms. The maximum atomic E-state index is 2.26. The van der Waals surface area contributed by atoms with Gasteiger partial charge in [-0.25, -0.2) is 0 Å². The van der Waals surface area contributed by atoms with Gasteiger partial charge in [0.25, 0.3) is 0 Å². The van der Waals surface area contributed by atoms with Gasteiger partial charge in [-0.15, -0.1) is 0 Å². The van der Waals surface area contributed by atoms with Crippen LogP contribution < -0.4 is 0 Å². The Morgan fingerprint density at radius 1 is 1.00 bits per heavy atom. The van der Waals surface area contributed by atoms with Gasteiger partial charge in [-0.1, -0.05) is 0 Å². The first-order valence-electron chi connectivity index (χ1n) is 4.14. The highest BCUT2D eigenvalue weighted by atomic mass is 15.2. The first-order valence-corrected chi connectivity index (χ1v) is 4.14. The SMILES string of the molecule is CC(N(C)C)C(C)(C)N(C)C. The van der Waals surface area contributed by atoms with E-state index in [0.29, 0.717) is 6.04 Å². The lowest BCUT2D eigenvalue weighted by atomic mass is 9.94. The lowest BCUT2D eigenvalue weighted by Gasteiger charge is -2.41. The molecule has 1 atom stereocenters. The molecule has 2 nitrogen and oxygen atoms in total. The van der Waals surface area contributed by atoms with E-state index in [2.05, 4.69) is 58.8 Å². The highest BCUT2D eigenvalue weighted by Gasteiger charge is 2.28. The van der Waals surface area contributed by atoms with E-state index in [1.807, 2.05) is 0 Å². The number of likely N-dealkylation sites (N-methyl/N-ethyl adjacent to an activating group) is 2. The summed E-state index contributed by atoms with van der Waals surface area (Å²) in [6, 6.07) is 0.567. The van der Waals surface area contributed by atoms with E-state index in [-0.39, 0.29) is 5.54 Å². The van der Waals surface area contributed by atoms with Crippen LogP contribution in [0.25, 0.3) is 0 Å². The smallest absolute Gasteiger partial charge is 0.0299 e. The normalized spacial score (nSPS) is 16.1. The van der Waals surface area contributed by atoms with Crippen LogP contribution in [0.2, 0.25) is 0 Å². The molecule has 1 unspecified atom stereocenters. The summed E-state index contributed by atoms with van der Waals surface area (Å²) >= 11 is 0. The van der Waals surface area contributed by atoms with Crippen molar-refractivity contribution in [3.05, 3.63) is 0 Å². The van der Waals surface area contributed by atoms with Crippen molar-refractivity contribution in [2.45, 2.75) is 32.4 Å². The molecule has 11 heavy (non-hydrogen) atoms. The second-order valence-electron chi connectivity index (χ2n) is 4.19. The predicted octanol–water partition coefficient (Wildman–Crippen LogP) is 1.28. The van der Waals surface area contributed by atoms with Gasteiger partial charge in [0.1, 0.15) is 0 Å². The summed E-state index contributed by atoms with van der Waals surface area (Å²) < 4.78 is 0. The van der Waals surface area contributed by atoms with Crippen molar-refractivity contribution in [1.29, 1.82) is 0 Å². The quantitative estimate of drug-likeness (QED) is 0.610. The van der Waals surface area contributed by atoms with Crippen molar-refractivity contribution in [3.63, 3.8) is 0 Å². The zero-order valence-electron chi connectivity index (χ0n) is 8.97. The molecule has 0 saturated heterocycles. The second-order valence-corrected chi connectivity index (χ2v) is 4.19. The molecule has 0 aromatic rings. The molecule has 0 N–H and O–H groups in total. The van der Waals surface area contributed by atoms with E-state index in [1.165, 1.54) is 0 Å². The van der Waals surface area contributed by atoms with Gasteiger partial charge in [-0.2, -0.15) is 0 Å². The Kier molecular flexibility index (Phi) is 3.52. The Morgan fingerprint density at radius 3 is 1.45 bits per heavy atom. The minimum absolute atomic E-state index is 0.240. The third-order valence-electron chi connectivity index (χ3n) is 2.95. The van der Waals surface area contributed by atoms with Crippen LogP contribution in [0.4, 0.5) is 0 Å². The summed E-state index contributed by atoms with van der Waals surface area (Å²) in [4.78, 5) is 4.51. The molecule has 68 valence electrons. The molecule has 0 aromatic heterocycles. The van der Waals surface area contributed by atoms with Gasteiger partial charge in [0.05, 0.1) is 0 Å². The van der Waals surface area contributed by atoms with Gasteiger partial charge < -0.3 is 9.80 Å². The van der Waals surface area contributed by atoms with E-state index < -0.39 is 0 Å². The van der Waals surface area contributed by atoms with E-state index >= 15 is 0 Å². The summed E-state index contributed by atoms with van der Waals surface area (Å²) in [5.74, 6) is 0. The summed E-state index contributed by atoms with van der Waals surface area (Å²) in [6.45, 7) is 6.77. The van der Waals surface area contributed by atoms with Crippen molar-refractivity contribution in [2.24, 2.45) is 0 Å². The summed E-state index contributed by atoms with van der Waals surface area (Å²) in [7, 11) is 8.49. The number of hydrogen-bond acceptors (Lipinski definition) is 2. The molecule has 0 bridgehead atoms. The topological polar surface area (TPSA) is 6.48 Å². The fourth-order valence-corrected chi connectivity index (χ4v) is 1.01. The molecule has 0 fully saturated rings. The standard InChI is InChI=1S/C9H22N2/c1-8(10(4)5)9(2,3)11(6)7/h8H,1-7H3. The molecule has 0 radical (unpaired) electrons. The Bertz CT molecular complexity index is 117. The van der Waals surface area contributed by atoms with Gasteiger partial charge >= 0.3 is 0 Å². The van der Waals surface area contributed by atoms with Crippen LogP contribution in [0.3, 0.4) is 0 Å². The Labute approximate surface area is 71.2 Å². The highest BCUT2D eigenvalue weighted by Crippen LogP contribution is 2.18. The van der Waals surface area contributed by atoms with Crippen LogP contribution in [-0.4, -0.2) is 49.6 Å². The monoisotopic (exact) mass is 158 g/mol. The maximum absolute atomic E-state index is 2.26. The Hall–Kier alpha value is -0.0800. The second kappa shape index (κ2) is 3.55. The van der Waals surface area contributed by atoms with Crippen LogP contribution >= 0.6 is 0 Å². The third kappa shape index (κ3) is 2.46. The Balaban J connectivity index is 4.29. The van der Waals surface area contributed by atoms with Crippen molar-refractivity contribution in [1.82, 2.24) is 9.80 Å². The molecular formula is C9H22N2. The van der Waals surface area contributed by atoms with Crippen LogP contribution in [0.5, 0.6) is 0 Å². The van der Waals surface area contributed by atoms with E-state index in [1.54, 1.807) is 0 Å². The molecular weight excluding hydrogens is 136 g/mol. The minimum Gasteiger partial charge on any atom is -0.305 e.